The Hall–Kier alpha value is -8.85. The number of methoxy groups -OCH3 is 4. The zero-order valence-electron chi connectivity index (χ0n) is 37.7. The van der Waals surface area contributed by atoms with Gasteiger partial charge in [0.05, 0.1) is 77.8 Å². The molecule has 0 spiro atoms. The summed E-state index contributed by atoms with van der Waals surface area (Å²) in [7, 11) is 5.86. The lowest BCUT2D eigenvalue weighted by Gasteiger charge is -2.21. The van der Waals surface area contributed by atoms with Crippen molar-refractivity contribution >= 4 is 63.7 Å². The van der Waals surface area contributed by atoms with E-state index in [0.717, 1.165) is 47.2 Å². The standard InChI is InChI=1S/C53H44N6O9/c1-6-7-14-36-37-19-21-39(54-37)47(30-15-17-31(18-16-30)53(60)68-5)40-23-25-43(56-40)50(51-46(66-3)29-45(65-2)49(52(51)67-4)33-11-9-13-35(28-33)59(63)64)44-26-24-42(57-44)48(41-22-20-38(36)55-41)32-10-8-12-34(27-32)58(61)62/h8-13,15-29,55-56H,6-7,14H2,1-5H3. The second kappa shape index (κ2) is 18.6. The summed E-state index contributed by atoms with van der Waals surface area (Å²) < 4.78 is 23.4. The van der Waals surface area contributed by atoms with Crippen molar-refractivity contribution in [2.24, 2.45) is 0 Å². The maximum atomic E-state index is 12.6. The molecule has 0 saturated heterocycles. The molecule has 4 aromatic carbocycles. The van der Waals surface area contributed by atoms with E-state index in [-0.39, 0.29) is 17.1 Å². The van der Waals surface area contributed by atoms with Crippen molar-refractivity contribution in [1.29, 1.82) is 0 Å². The third kappa shape index (κ3) is 8.10. The van der Waals surface area contributed by atoms with Crippen LogP contribution in [0.3, 0.4) is 0 Å². The molecule has 0 amide bonds. The number of benzene rings is 4. The Kier molecular flexibility index (Phi) is 12.1. The van der Waals surface area contributed by atoms with E-state index < -0.39 is 15.8 Å². The Morgan fingerprint density at radius 3 is 1.62 bits per heavy atom. The number of nitro benzene ring substituents is 2. The molecule has 0 aliphatic carbocycles. The van der Waals surface area contributed by atoms with E-state index in [1.165, 1.54) is 52.7 Å². The number of nitrogens with one attached hydrogen (secondary N) is 2. The Morgan fingerprint density at radius 2 is 1.06 bits per heavy atom. The molecule has 2 aliphatic heterocycles. The summed E-state index contributed by atoms with van der Waals surface area (Å²) in [6, 6.07) is 29.3. The lowest BCUT2D eigenvalue weighted by molar-refractivity contribution is -0.385. The third-order valence-corrected chi connectivity index (χ3v) is 12.0. The predicted octanol–water partition coefficient (Wildman–Crippen LogP) is 12.3. The first kappa shape index (κ1) is 44.4. The van der Waals surface area contributed by atoms with Gasteiger partial charge < -0.3 is 28.9 Å². The van der Waals surface area contributed by atoms with Crippen molar-refractivity contribution in [3.8, 4) is 61.8 Å². The number of carbonyl (C=O) groups is 1. The Bertz CT molecular complexity index is 3420. The normalized spacial score (nSPS) is 11.7. The lowest BCUT2D eigenvalue weighted by atomic mass is 9.94. The molecule has 15 nitrogen and oxygen atoms in total. The average molecular weight is 909 g/mol. The van der Waals surface area contributed by atoms with E-state index in [1.807, 2.05) is 66.8 Å². The Morgan fingerprint density at radius 1 is 0.559 bits per heavy atom. The summed E-state index contributed by atoms with van der Waals surface area (Å²) in [4.78, 5) is 53.9. The van der Waals surface area contributed by atoms with Crippen molar-refractivity contribution < 1.29 is 33.6 Å². The lowest BCUT2D eigenvalue weighted by Crippen LogP contribution is -2.01. The van der Waals surface area contributed by atoms with Gasteiger partial charge in [0, 0.05) is 74.7 Å². The summed E-state index contributed by atoms with van der Waals surface area (Å²) in [5.74, 6) is 0.497. The zero-order chi connectivity index (χ0) is 47.6. The van der Waals surface area contributed by atoms with Gasteiger partial charge in [0.1, 0.15) is 17.2 Å². The molecule has 7 aromatic rings. The van der Waals surface area contributed by atoms with E-state index >= 15 is 0 Å². The van der Waals surface area contributed by atoms with E-state index in [4.69, 9.17) is 28.9 Å². The monoisotopic (exact) mass is 908 g/mol. The second-order valence-electron chi connectivity index (χ2n) is 16.0. The molecule has 3 aromatic heterocycles. The molecule has 0 saturated carbocycles. The zero-order valence-corrected chi connectivity index (χ0v) is 37.7. The largest absolute Gasteiger partial charge is 0.496 e. The van der Waals surface area contributed by atoms with Gasteiger partial charge in [-0.15, -0.1) is 0 Å². The smallest absolute Gasteiger partial charge is 0.337 e. The van der Waals surface area contributed by atoms with Gasteiger partial charge in [-0.2, -0.15) is 0 Å². The van der Waals surface area contributed by atoms with E-state index in [0.29, 0.717) is 84.1 Å². The summed E-state index contributed by atoms with van der Waals surface area (Å²) in [6.45, 7) is 2.14. The Balaban J connectivity index is 1.48. The number of esters is 1. The summed E-state index contributed by atoms with van der Waals surface area (Å²) >= 11 is 0. The van der Waals surface area contributed by atoms with E-state index in [9.17, 15) is 25.0 Å². The fraction of sp³-hybridized carbons (Fsp3) is 0.151. The van der Waals surface area contributed by atoms with Crippen LogP contribution in [0.5, 0.6) is 17.2 Å². The molecule has 8 bridgehead atoms. The number of non-ortho nitro benzene ring substituents is 2. The number of nitro groups is 2. The number of rotatable bonds is 13. The van der Waals surface area contributed by atoms with E-state index in [2.05, 4.69) is 16.9 Å². The van der Waals surface area contributed by atoms with Gasteiger partial charge in [0.15, 0.2) is 0 Å². The van der Waals surface area contributed by atoms with Gasteiger partial charge in [-0.3, -0.25) is 20.2 Å². The maximum Gasteiger partial charge on any atom is 0.337 e. The van der Waals surface area contributed by atoms with Gasteiger partial charge >= 0.3 is 5.97 Å². The number of hydrogen-bond acceptors (Lipinski definition) is 11. The molecule has 0 atom stereocenters. The average Bonchev–Trinajstić information content (AvgIpc) is 4.22. The van der Waals surface area contributed by atoms with Crippen molar-refractivity contribution in [1.82, 2.24) is 19.9 Å². The van der Waals surface area contributed by atoms with Crippen LogP contribution in [0, 0.1) is 20.2 Å². The third-order valence-electron chi connectivity index (χ3n) is 12.0. The number of aromatic nitrogens is 4. The first-order valence-electron chi connectivity index (χ1n) is 21.7. The second-order valence-corrected chi connectivity index (χ2v) is 16.0. The van der Waals surface area contributed by atoms with Crippen LogP contribution < -0.4 is 14.2 Å². The summed E-state index contributed by atoms with van der Waals surface area (Å²) in [5.41, 5.74) is 10.9. The van der Waals surface area contributed by atoms with Crippen molar-refractivity contribution in [3.05, 3.63) is 157 Å². The first-order chi connectivity index (χ1) is 33.0. The number of unbranched alkanes of at least 4 members (excludes halogenated alkanes) is 1. The molecule has 340 valence electrons. The van der Waals surface area contributed by atoms with Gasteiger partial charge in [-0.05, 0) is 90.2 Å². The highest BCUT2D eigenvalue weighted by Gasteiger charge is 2.28. The van der Waals surface area contributed by atoms with Gasteiger partial charge in [0.2, 0.25) is 0 Å². The van der Waals surface area contributed by atoms with Gasteiger partial charge in [-0.25, -0.2) is 14.8 Å². The van der Waals surface area contributed by atoms with Gasteiger partial charge in [0.25, 0.3) is 11.4 Å². The van der Waals surface area contributed by atoms with Crippen molar-refractivity contribution in [2.45, 2.75) is 26.2 Å². The van der Waals surface area contributed by atoms with Crippen LogP contribution in [0.25, 0.3) is 90.9 Å². The number of ether oxygens (including phenoxy) is 4. The fourth-order valence-corrected chi connectivity index (χ4v) is 8.84. The summed E-state index contributed by atoms with van der Waals surface area (Å²) in [5, 5.41) is 24.2. The molecule has 5 heterocycles. The van der Waals surface area contributed by atoms with Crippen LogP contribution in [0.4, 0.5) is 11.4 Å². The molecule has 9 rings (SSSR count). The molecule has 2 aliphatic rings. The highest BCUT2D eigenvalue weighted by atomic mass is 16.6. The topological polar surface area (TPSA) is 198 Å². The SMILES string of the molecule is CCCCc1c2nc(c(-c3ccc(C(=O)OC)cc3)c3ccc([nH]3)c(-c3c(OC)cc(OC)c(-c4cccc([N+](=O)[O-])c4)c3OC)c3nc(c(-c4cccc([N+](=O)[O-])c4)c4ccc1[nH]4)C=C3)C=C2. The highest BCUT2D eigenvalue weighted by molar-refractivity contribution is 6.02. The number of H-pyrrole nitrogens is 2. The van der Waals surface area contributed by atoms with E-state index in [1.54, 1.807) is 36.4 Å². The Labute approximate surface area is 389 Å². The number of carbonyl (C=O) groups excluding carboxylic acids is 1. The fourth-order valence-electron chi connectivity index (χ4n) is 8.84. The molecular formula is C53H44N6O9. The quantitative estimate of drug-likeness (QED) is 0.0634. The minimum absolute atomic E-state index is 0.0797. The minimum Gasteiger partial charge on any atom is -0.496 e. The molecule has 15 heteroatoms. The molecule has 2 N–H and O–H groups in total. The maximum absolute atomic E-state index is 12.6. The molecule has 0 unspecified atom stereocenters. The number of hydrogen-bond donors (Lipinski definition) is 2. The summed E-state index contributed by atoms with van der Waals surface area (Å²) in [6.07, 6.45) is 10.3. The number of fused-ring (bicyclic) bond motifs is 8. The highest BCUT2D eigenvalue weighted by Crippen LogP contribution is 2.52. The van der Waals surface area contributed by atoms with Gasteiger partial charge in [-0.1, -0.05) is 49.7 Å². The predicted molar refractivity (Wildman–Crippen MR) is 264 cm³/mol. The minimum atomic E-state index is -0.465. The van der Waals surface area contributed by atoms with Crippen LogP contribution in [0.1, 0.15) is 58.5 Å². The molecular weight excluding hydrogens is 865 g/mol. The van der Waals surface area contributed by atoms with Crippen LogP contribution in [0.15, 0.2) is 103 Å². The van der Waals surface area contributed by atoms with Crippen LogP contribution in [0.2, 0.25) is 0 Å². The molecule has 0 fully saturated rings. The van der Waals surface area contributed by atoms with Crippen LogP contribution in [-0.2, 0) is 11.2 Å². The molecule has 0 radical (unpaired) electrons. The number of nitrogens with zero attached hydrogens (tertiary/aromatic N) is 4. The van der Waals surface area contributed by atoms with Crippen molar-refractivity contribution in [3.63, 3.8) is 0 Å². The first-order valence-corrected chi connectivity index (χ1v) is 21.7. The number of aryl methyl sites for hydroxylation is 1. The van der Waals surface area contributed by atoms with Crippen LogP contribution >= 0.6 is 0 Å². The molecule has 68 heavy (non-hydrogen) atoms. The van der Waals surface area contributed by atoms with Crippen molar-refractivity contribution in [2.75, 3.05) is 28.4 Å². The van der Waals surface area contributed by atoms with Crippen LogP contribution in [-0.4, -0.2) is 64.2 Å². The number of aromatic amines is 2.